The third-order valence-electron chi connectivity index (χ3n) is 4.88. The molecular weight excluding hydrogens is 356 g/mol. The summed E-state index contributed by atoms with van der Waals surface area (Å²) in [5, 5.41) is 9.26. The Hall–Kier alpha value is -2.67. The molecule has 1 atom stereocenters. The van der Waals surface area contributed by atoms with E-state index in [9.17, 15) is 9.59 Å². The number of hydrogen-bond donors (Lipinski definition) is 2. The number of nitrogens with one attached hydrogen (secondary N) is 2. The highest BCUT2D eigenvalue weighted by Gasteiger charge is 2.16. The summed E-state index contributed by atoms with van der Waals surface area (Å²) >= 11 is 0. The fourth-order valence-electron chi connectivity index (χ4n) is 3.37. The molecule has 1 aromatic carbocycles. The van der Waals surface area contributed by atoms with Gasteiger partial charge < -0.3 is 20.1 Å². The van der Waals surface area contributed by atoms with E-state index in [0.29, 0.717) is 18.2 Å². The molecule has 2 amide bonds. The van der Waals surface area contributed by atoms with E-state index in [-0.39, 0.29) is 18.1 Å². The molecule has 1 aliphatic rings. The molecule has 7 heteroatoms. The number of aromatic nitrogens is 1. The molecule has 1 unspecified atom stereocenters. The SMILES string of the molecule is CC(CNC(=O)CNC(=O)c1cc(-c2ccccc2)on1)CN1CCCCC1. The monoisotopic (exact) mass is 384 g/mol. The summed E-state index contributed by atoms with van der Waals surface area (Å²) in [6.07, 6.45) is 3.85. The first-order chi connectivity index (χ1) is 13.6. The van der Waals surface area contributed by atoms with Crippen molar-refractivity contribution in [1.82, 2.24) is 20.7 Å². The van der Waals surface area contributed by atoms with E-state index in [1.165, 1.54) is 19.3 Å². The molecule has 0 saturated carbocycles. The predicted octanol–water partition coefficient (Wildman–Crippen LogP) is 2.31. The molecule has 1 aromatic heterocycles. The Morgan fingerprint density at radius 1 is 1.14 bits per heavy atom. The molecule has 7 nitrogen and oxygen atoms in total. The number of hydrogen-bond acceptors (Lipinski definition) is 5. The van der Waals surface area contributed by atoms with E-state index in [4.69, 9.17) is 4.52 Å². The molecule has 0 spiro atoms. The first kappa shape index (κ1) is 20.1. The van der Waals surface area contributed by atoms with Crippen LogP contribution in [-0.4, -0.2) is 54.6 Å². The first-order valence-corrected chi connectivity index (χ1v) is 9.91. The van der Waals surface area contributed by atoms with Gasteiger partial charge in [0.05, 0.1) is 6.54 Å². The Balaban J connectivity index is 1.38. The van der Waals surface area contributed by atoms with Gasteiger partial charge in [0.15, 0.2) is 11.5 Å². The lowest BCUT2D eigenvalue weighted by molar-refractivity contribution is -0.120. The van der Waals surface area contributed by atoms with E-state index in [2.05, 4.69) is 27.6 Å². The molecule has 0 aliphatic carbocycles. The lowest BCUT2D eigenvalue weighted by Gasteiger charge is -2.29. The maximum Gasteiger partial charge on any atom is 0.273 e. The van der Waals surface area contributed by atoms with Crippen molar-refractivity contribution in [3.05, 3.63) is 42.1 Å². The van der Waals surface area contributed by atoms with Crippen LogP contribution in [-0.2, 0) is 4.79 Å². The van der Waals surface area contributed by atoms with Crippen molar-refractivity contribution in [3.63, 3.8) is 0 Å². The van der Waals surface area contributed by atoms with Crippen molar-refractivity contribution < 1.29 is 14.1 Å². The van der Waals surface area contributed by atoms with Crippen molar-refractivity contribution in [2.45, 2.75) is 26.2 Å². The van der Waals surface area contributed by atoms with Crippen LogP contribution in [0.3, 0.4) is 0 Å². The topological polar surface area (TPSA) is 87.5 Å². The zero-order valence-corrected chi connectivity index (χ0v) is 16.3. The van der Waals surface area contributed by atoms with Crippen LogP contribution in [0.4, 0.5) is 0 Å². The average Bonchev–Trinajstić information content (AvgIpc) is 3.22. The average molecular weight is 384 g/mol. The largest absolute Gasteiger partial charge is 0.355 e. The minimum absolute atomic E-state index is 0.0806. The Labute approximate surface area is 165 Å². The number of carbonyl (C=O) groups is 2. The van der Waals surface area contributed by atoms with Gasteiger partial charge >= 0.3 is 0 Å². The Bertz CT molecular complexity index is 769. The number of piperidine rings is 1. The van der Waals surface area contributed by atoms with Crippen LogP contribution < -0.4 is 10.6 Å². The fraction of sp³-hybridized carbons (Fsp3) is 0.476. The van der Waals surface area contributed by atoms with E-state index in [1.807, 2.05) is 30.3 Å². The lowest BCUT2D eigenvalue weighted by Crippen LogP contribution is -2.41. The molecule has 1 fully saturated rings. The third kappa shape index (κ3) is 5.92. The first-order valence-electron chi connectivity index (χ1n) is 9.91. The van der Waals surface area contributed by atoms with Crippen molar-refractivity contribution in [3.8, 4) is 11.3 Å². The van der Waals surface area contributed by atoms with E-state index >= 15 is 0 Å². The smallest absolute Gasteiger partial charge is 0.273 e. The number of amides is 2. The minimum atomic E-state index is -0.428. The molecule has 150 valence electrons. The molecular formula is C21H28N4O3. The van der Waals surface area contributed by atoms with Crippen LogP contribution in [0.2, 0.25) is 0 Å². The van der Waals surface area contributed by atoms with Crippen molar-refractivity contribution in [2.24, 2.45) is 5.92 Å². The van der Waals surface area contributed by atoms with E-state index < -0.39 is 5.91 Å². The summed E-state index contributed by atoms with van der Waals surface area (Å²) in [5.41, 5.74) is 1.000. The summed E-state index contributed by atoms with van der Waals surface area (Å²) < 4.78 is 5.21. The normalized spacial score (nSPS) is 15.8. The maximum atomic E-state index is 12.2. The summed E-state index contributed by atoms with van der Waals surface area (Å²) in [6, 6.07) is 11.0. The summed E-state index contributed by atoms with van der Waals surface area (Å²) in [5.74, 6) is 0.261. The second-order valence-corrected chi connectivity index (χ2v) is 7.40. The van der Waals surface area contributed by atoms with Gasteiger partial charge in [0.25, 0.3) is 5.91 Å². The molecule has 2 N–H and O–H groups in total. The molecule has 0 bridgehead atoms. The summed E-state index contributed by atoms with van der Waals surface area (Å²) in [4.78, 5) is 26.6. The zero-order chi connectivity index (χ0) is 19.8. The Morgan fingerprint density at radius 3 is 2.64 bits per heavy atom. The summed E-state index contributed by atoms with van der Waals surface area (Å²) in [7, 11) is 0. The minimum Gasteiger partial charge on any atom is -0.355 e. The number of benzene rings is 1. The second kappa shape index (κ2) is 10.0. The van der Waals surface area contributed by atoms with Gasteiger partial charge in [-0.05, 0) is 31.8 Å². The third-order valence-corrected chi connectivity index (χ3v) is 4.88. The fourth-order valence-corrected chi connectivity index (χ4v) is 3.37. The van der Waals surface area contributed by atoms with Gasteiger partial charge in [0.1, 0.15) is 0 Å². The molecule has 28 heavy (non-hydrogen) atoms. The van der Waals surface area contributed by atoms with Gasteiger partial charge in [-0.3, -0.25) is 9.59 Å². The highest BCUT2D eigenvalue weighted by Crippen LogP contribution is 2.19. The van der Waals surface area contributed by atoms with Crippen LogP contribution in [0, 0.1) is 5.92 Å². The lowest BCUT2D eigenvalue weighted by atomic mass is 10.1. The summed E-state index contributed by atoms with van der Waals surface area (Å²) in [6.45, 7) is 5.95. The van der Waals surface area contributed by atoms with Crippen molar-refractivity contribution in [1.29, 1.82) is 0 Å². The van der Waals surface area contributed by atoms with E-state index in [1.54, 1.807) is 6.07 Å². The zero-order valence-electron chi connectivity index (χ0n) is 16.3. The Kier molecular flexibility index (Phi) is 7.19. The van der Waals surface area contributed by atoms with Gasteiger partial charge in [-0.15, -0.1) is 0 Å². The molecule has 1 aliphatic heterocycles. The number of carbonyl (C=O) groups excluding carboxylic acids is 2. The molecule has 2 heterocycles. The van der Waals surface area contributed by atoms with Crippen LogP contribution in [0.5, 0.6) is 0 Å². The standard InChI is InChI=1S/C21H28N4O3/c1-16(15-25-10-6-3-7-11-25)13-22-20(26)14-23-21(27)18-12-19(28-24-18)17-8-4-2-5-9-17/h2,4-5,8-9,12,16H,3,6-7,10-11,13-15H2,1H3,(H,22,26)(H,23,27). The molecule has 0 radical (unpaired) electrons. The van der Waals surface area contributed by atoms with Gasteiger partial charge in [0.2, 0.25) is 5.91 Å². The van der Waals surface area contributed by atoms with Crippen molar-refractivity contribution >= 4 is 11.8 Å². The molecule has 2 aromatic rings. The van der Waals surface area contributed by atoms with Crippen LogP contribution >= 0.6 is 0 Å². The van der Waals surface area contributed by atoms with Gasteiger partial charge in [-0.1, -0.05) is 48.8 Å². The van der Waals surface area contributed by atoms with Crippen LogP contribution in [0.1, 0.15) is 36.7 Å². The van der Waals surface area contributed by atoms with E-state index in [0.717, 1.165) is 25.2 Å². The maximum absolute atomic E-state index is 12.2. The van der Waals surface area contributed by atoms with Gasteiger partial charge in [0, 0.05) is 24.7 Å². The predicted molar refractivity (Wildman–Crippen MR) is 107 cm³/mol. The molecule has 3 rings (SSSR count). The quantitative estimate of drug-likeness (QED) is 0.729. The van der Waals surface area contributed by atoms with Crippen molar-refractivity contribution in [2.75, 3.05) is 32.7 Å². The van der Waals surface area contributed by atoms with Gasteiger partial charge in [-0.2, -0.15) is 0 Å². The van der Waals surface area contributed by atoms with Crippen LogP contribution in [0.15, 0.2) is 40.9 Å². The van der Waals surface area contributed by atoms with Crippen LogP contribution in [0.25, 0.3) is 11.3 Å². The van der Waals surface area contributed by atoms with Gasteiger partial charge in [-0.25, -0.2) is 0 Å². The Morgan fingerprint density at radius 2 is 1.89 bits per heavy atom. The highest BCUT2D eigenvalue weighted by atomic mass is 16.5. The highest BCUT2D eigenvalue weighted by molar-refractivity contribution is 5.95. The second-order valence-electron chi connectivity index (χ2n) is 7.40. The number of nitrogens with zero attached hydrogens (tertiary/aromatic N) is 2. The molecule has 1 saturated heterocycles. The number of rotatable bonds is 8. The number of likely N-dealkylation sites (tertiary alicyclic amines) is 1.